The standard InChI is InChI=1S/C21H26BrFN2O3/c1-19(2,3)28-18(26)25-7-6-21(27,20(4,5)12-25)14-8-13-9-15(22)11-24-17(13)16(23)10-14/h8-11,27H,6-7,12H2,1-5H3. The Hall–Kier alpha value is -1.73. The highest BCUT2D eigenvalue weighted by atomic mass is 79.9. The van der Waals surface area contributed by atoms with E-state index >= 15 is 0 Å². The average molecular weight is 453 g/mol. The van der Waals surface area contributed by atoms with Gasteiger partial charge in [0.25, 0.3) is 0 Å². The maximum atomic E-state index is 14.7. The summed E-state index contributed by atoms with van der Waals surface area (Å²) in [5, 5.41) is 12.2. The Bertz CT molecular complexity index is 926. The van der Waals surface area contributed by atoms with Crippen molar-refractivity contribution in [2.75, 3.05) is 13.1 Å². The third-order valence-electron chi connectivity index (χ3n) is 5.28. The smallest absolute Gasteiger partial charge is 0.410 e. The maximum Gasteiger partial charge on any atom is 0.410 e. The molecule has 1 fully saturated rings. The Morgan fingerprint density at radius 2 is 2.00 bits per heavy atom. The number of aromatic nitrogens is 1. The van der Waals surface area contributed by atoms with E-state index in [1.807, 2.05) is 34.6 Å². The van der Waals surface area contributed by atoms with Crippen molar-refractivity contribution in [3.8, 4) is 0 Å². The summed E-state index contributed by atoms with van der Waals surface area (Å²) in [6, 6.07) is 4.91. The first kappa shape index (κ1) is 21.0. The van der Waals surface area contributed by atoms with Crippen LogP contribution in [0.1, 0.15) is 46.6 Å². The fourth-order valence-electron chi connectivity index (χ4n) is 3.76. The predicted molar refractivity (Wildman–Crippen MR) is 110 cm³/mol. The highest BCUT2D eigenvalue weighted by molar-refractivity contribution is 9.10. The molecule has 0 aliphatic carbocycles. The molecule has 0 spiro atoms. The zero-order chi connectivity index (χ0) is 20.9. The van der Waals surface area contributed by atoms with Gasteiger partial charge in [-0.1, -0.05) is 13.8 Å². The number of halogens is 2. The number of rotatable bonds is 1. The van der Waals surface area contributed by atoms with E-state index in [4.69, 9.17) is 4.74 Å². The summed E-state index contributed by atoms with van der Waals surface area (Å²) in [7, 11) is 0. The Kier molecular flexibility index (Phi) is 5.21. The Labute approximate surface area is 173 Å². The second-order valence-electron chi connectivity index (χ2n) is 9.08. The lowest BCUT2D eigenvalue weighted by atomic mass is 9.66. The van der Waals surface area contributed by atoms with E-state index in [0.717, 1.165) is 4.47 Å². The zero-order valence-electron chi connectivity index (χ0n) is 16.8. The number of nitrogens with zero attached hydrogens (tertiary/aromatic N) is 2. The molecule has 1 unspecified atom stereocenters. The van der Waals surface area contributed by atoms with Gasteiger partial charge in [-0.05, 0) is 66.9 Å². The van der Waals surface area contributed by atoms with Gasteiger partial charge in [0.05, 0.1) is 5.60 Å². The summed E-state index contributed by atoms with van der Waals surface area (Å²) in [5.41, 5.74) is -1.83. The van der Waals surface area contributed by atoms with Crippen LogP contribution in [0.5, 0.6) is 0 Å². The zero-order valence-corrected chi connectivity index (χ0v) is 18.4. The average Bonchev–Trinajstić information content (AvgIpc) is 2.55. The van der Waals surface area contributed by atoms with Gasteiger partial charge in [0.1, 0.15) is 16.9 Å². The predicted octanol–water partition coefficient (Wildman–Crippen LogP) is 4.99. The number of carbonyl (C=O) groups is 1. The summed E-state index contributed by atoms with van der Waals surface area (Å²) in [6.45, 7) is 9.84. The molecule has 1 amide bonds. The first-order valence-electron chi connectivity index (χ1n) is 9.28. The second-order valence-corrected chi connectivity index (χ2v) is 10.00. The van der Waals surface area contributed by atoms with Crippen molar-refractivity contribution >= 4 is 32.9 Å². The molecule has 152 valence electrons. The lowest BCUT2D eigenvalue weighted by Gasteiger charge is -2.50. The van der Waals surface area contributed by atoms with Crippen molar-refractivity contribution in [2.24, 2.45) is 5.41 Å². The summed E-state index contributed by atoms with van der Waals surface area (Å²) in [6.07, 6.45) is 1.43. The number of pyridine rings is 1. The first-order valence-corrected chi connectivity index (χ1v) is 10.1. The molecule has 1 aliphatic heterocycles. The Balaban J connectivity index is 1.94. The van der Waals surface area contributed by atoms with Crippen LogP contribution in [0.4, 0.5) is 9.18 Å². The summed E-state index contributed by atoms with van der Waals surface area (Å²) in [4.78, 5) is 18.2. The molecule has 1 aromatic heterocycles. The number of amides is 1. The van der Waals surface area contributed by atoms with E-state index < -0.39 is 28.5 Å². The van der Waals surface area contributed by atoms with E-state index in [9.17, 15) is 14.3 Å². The molecule has 1 N–H and O–H groups in total. The van der Waals surface area contributed by atoms with Gasteiger partial charge in [0.2, 0.25) is 0 Å². The molecule has 0 radical (unpaired) electrons. The molecule has 7 heteroatoms. The van der Waals surface area contributed by atoms with Gasteiger partial charge in [-0.15, -0.1) is 0 Å². The maximum absolute atomic E-state index is 14.7. The van der Waals surface area contributed by atoms with E-state index in [0.29, 0.717) is 24.0 Å². The number of ether oxygens (including phenoxy) is 1. The SMILES string of the molecule is CC(C)(C)OC(=O)N1CCC(O)(c2cc(F)c3ncc(Br)cc3c2)C(C)(C)C1. The van der Waals surface area contributed by atoms with Gasteiger partial charge >= 0.3 is 6.09 Å². The number of hydrogen-bond acceptors (Lipinski definition) is 4. The molecule has 0 bridgehead atoms. The number of benzene rings is 1. The van der Waals surface area contributed by atoms with E-state index in [-0.39, 0.29) is 11.9 Å². The third-order valence-corrected chi connectivity index (χ3v) is 5.72. The molecule has 3 rings (SSSR count). The van der Waals surface area contributed by atoms with Crippen LogP contribution in [0.2, 0.25) is 0 Å². The number of likely N-dealkylation sites (tertiary alicyclic amines) is 1. The van der Waals surface area contributed by atoms with Crippen LogP contribution in [0.3, 0.4) is 0 Å². The van der Waals surface area contributed by atoms with Crippen LogP contribution >= 0.6 is 15.9 Å². The van der Waals surface area contributed by atoms with Crippen molar-refractivity contribution in [1.29, 1.82) is 0 Å². The van der Waals surface area contributed by atoms with Gasteiger partial charge in [-0.2, -0.15) is 0 Å². The quantitative estimate of drug-likeness (QED) is 0.661. The Morgan fingerprint density at radius 3 is 2.61 bits per heavy atom. The number of piperidine rings is 1. The lowest BCUT2D eigenvalue weighted by molar-refractivity contribution is -0.123. The van der Waals surface area contributed by atoms with Crippen molar-refractivity contribution in [1.82, 2.24) is 9.88 Å². The molecule has 1 aromatic carbocycles. The second kappa shape index (κ2) is 6.95. The molecule has 1 saturated heterocycles. The highest BCUT2D eigenvalue weighted by Crippen LogP contribution is 2.47. The number of carbonyl (C=O) groups excluding carboxylic acids is 1. The normalized spacial score (nSPS) is 22.4. The monoisotopic (exact) mass is 452 g/mol. The number of aliphatic hydroxyl groups is 1. The fourth-order valence-corrected chi connectivity index (χ4v) is 4.11. The van der Waals surface area contributed by atoms with E-state index in [1.54, 1.807) is 23.2 Å². The minimum Gasteiger partial charge on any atom is -0.444 e. The van der Waals surface area contributed by atoms with Gasteiger partial charge in [-0.3, -0.25) is 4.98 Å². The summed E-state index contributed by atoms with van der Waals surface area (Å²) >= 11 is 3.36. The molecule has 0 saturated carbocycles. The largest absolute Gasteiger partial charge is 0.444 e. The molecule has 28 heavy (non-hydrogen) atoms. The van der Waals surface area contributed by atoms with Gasteiger partial charge in [-0.25, -0.2) is 9.18 Å². The van der Waals surface area contributed by atoms with Crippen molar-refractivity contribution in [2.45, 2.75) is 52.2 Å². The van der Waals surface area contributed by atoms with Crippen LogP contribution in [-0.2, 0) is 10.3 Å². The number of hydrogen-bond donors (Lipinski definition) is 1. The molecule has 1 atom stereocenters. The van der Waals surface area contributed by atoms with Gasteiger partial charge in [0, 0.05) is 34.6 Å². The highest BCUT2D eigenvalue weighted by Gasteiger charge is 2.50. The molecule has 5 nitrogen and oxygen atoms in total. The summed E-state index contributed by atoms with van der Waals surface area (Å²) < 4.78 is 20.9. The lowest BCUT2D eigenvalue weighted by Crippen LogP contribution is -2.57. The molecule has 2 heterocycles. The van der Waals surface area contributed by atoms with Crippen LogP contribution < -0.4 is 0 Å². The molecule has 1 aliphatic rings. The summed E-state index contributed by atoms with van der Waals surface area (Å²) in [5.74, 6) is -0.473. The minimum absolute atomic E-state index is 0.263. The van der Waals surface area contributed by atoms with E-state index in [2.05, 4.69) is 20.9 Å². The molecular weight excluding hydrogens is 427 g/mol. The number of fused-ring (bicyclic) bond motifs is 1. The van der Waals surface area contributed by atoms with Gasteiger partial charge in [0.15, 0.2) is 0 Å². The van der Waals surface area contributed by atoms with Crippen molar-refractivity contribution in [3.05, 3.63) is 40.2 Å². The third kappa shape index (κ3) is 3.87. The van der Waals surface area contributed by atoms with Crippen LogP contribution in [-0.4, -0.2) is 39.8 Å². The van der Waals surface area contributed by atoms with Crippen LogP contribution in [0.15, 0.2) is 28.9 Å². The van der Waals surface area contributed by atoms with Crippen molar-refractivity contribution in [3.63, 3.8) is 0 Å². The van der Waals surface area contributed by atoms with Crippen molar-refractivity contribution < 1.29 is 19.0 Å². The minimum atomic E-state index is -1.29. The van der Waals surface area contributed by atoms with Gasteiger partial charge < -0.3 is 14.7 Å². The van der Waals surface area contributed by atoms with E-state index in [1.165, 1.54) is 6.07 Å². The molecule has 2 aromatic rings. The first-order chi connectivity index (χ1) is 12.8. The molecular formula is C21H26BrFN2O3. The van der Waals surface area contributed by atoms with Crippen LogP contribution in [0, 0.1) is 11.2 Å². The fraction of sp³-hybridized carbons (Fsp3) is 0.524. The van der Waals surface area contributed by atoms with Crippen LogP contribution in [0.25, 0.3) is 10.9 Å². The Morgan fingerprint density at radius 1 is 1.32 bits per heavy atom. The topological polar surface area (TPSA) is 62.7 Å².